The normalized spacial score (nSPS) is 35.2. The Kier molecular flexibility index (Phi) is 11.0. The first-order chi connectivity index (χ1) is 25.4. The van der Waals surface area contributed by atoms with Gasteiger partial charge < -0.3 is 44.4 Å². The van der Waals surface area contributed by atoms with Gasteiger partial charge in [0.15, 0.2) is 17.5 Å². The average Bonchev–Trinajstić information content (AvgIpc) is 3.13. The Morgan fingerprint density at radius 1 is 1.00 bits per heavy atom. The number of methoxy groups -OCH3 is 2. The molecule has 0 spiro atoms. The summed E-state index contributed by atoms with van der Waals surface area (Å²) in [6.07, 6.45) is -7.82. The number of benzene rings is 2. The molecule has 2 bridgehead atoms. The fraction of sp³-hybridized carbons (Fsp3) is 0.550. The summed E-state index contributed by atoms with van der Waals surface area (Å²) in [4.78, 5) is 56.2. The van der Waals surface area contributed by atoms with Crippen molar-refractivity contribution in [3.05, 3.63) is 80.4 Å². The molecular formula is C40H48INO12. The molecule has 1 heterocycles. The number of carbonyl (C=O) groups excluding carboxylic acids is 4. The Hall–Kier alpha value is -3.25. The summed E-state index contributed by atoms with van der Waals surface area (Å²) in [7, 11) is 2.82. The highest BCUT2D eigenvalue weighted by molar-refractivity contribution is 14.1. The zero-order chi connectivity index (χ0) is 39.5. The second kappa shape index (κ2) is 14.7. The maximum absolute atomic E-state index is 15.4. The van der Waals surface area contributed by atoms with Crippen LogP contribution in [-0.2, 0) is 42.8 Å². The molecule has 3 fully saturated rings. The second-order valence-corrected chi connectivity index (χ2v) is 16.8. The highest BCUT2D eigenvalue weighted by Crippen LogP contribution is 2.64. The third-order valence-electron chi connectivity index (χ3n) is 12.5. The van der Waals surface area contributed by atoms with E-state index < -0.39 is 94.3 Å². The zero-order valence-corrected chi connectivity index (χ0v) is 33.5. The van der Waals surface area contributed by atoms with Gasteiger partial charge in [0, 0.05) is 43.0 Å². The lowest BCUT2D eigenvalue weighted by atomic mass is 9.44. The lowest BCUT2D eigenvalue weighted by molar-refractivity contribution is -0.347. The molecule has 13 nitrogen and oxygen atoms in total. The first-order valence-corrected chi connectivity index (χ1v) is 19.0. The van der Waals surface area contributed by atoms with Gasteiger partial charge in [0.05, 0.1) is 35.6 Å². The fourth-order valence-corrected chi connectivity index (χ4v) is 9.87. The van der Waals surface area contributed by atoms with E-state index in [2.05, 4.69) is 22.6 Å². The Balaban J connectivity index is 1.55. The van der Waals surface area contributed by atoms with E-state index in [1.54, 1.807) is 82.3 Å². The van der Waals surface area contributed by atoms with Crippen LogP contribution in [0.1, 0.15) is 69.4 Å². The number of ketones is 1. The van der Waals surface area contributed by atoms with Crippen molar-refractivity contribution in [2.24, 2.45) is 22.5 Å². The largest absolute Gasteiger partial charge is 0.456 e. The predicted molar refractivity (Wildman–Crippen MR) is 201 cm³/mol. The van der Waals surface area contributed by atoms with E-state index in [9.17, 15) is 24.6 Å². The molecule has 2 aromatic carbocycles. The van der Waals surface area contributed by atoms with Gasteiger partial charge in [-0.25, -0.2) is 9.59 Å². The molecule has 6 rings (SSSR count). The summed E-state index contributed by atoms with van der Waals surface area (Å²) in [6.45, 7) is 7.84. The molecule has 1 saturated heterocycles. The van der Waals surface area contributed by atoms with Crippen molar-refractivity contribution in [3.63, 3.8) is 0 Å². The second-order valence-electron chi connectivity index (χ2n) is 15.5. The fourth-order valence-electron chi connectivity index (χ4n) is 9.51. The van der Waals surface area contributed by atoms with Gasteiger partial charge in [0.2, 0.25) is 0 Å². The van der Waals surface area contributed by atoms with Crippen molar-refractivity contribution < 1.29 is 57.8 Å². The zero-order valence-electron chi connectivity index (χ0n) is 31.4. The lowest BCUT2D eigenvalue weighted by Crippen LogP contribution is -2.82. The summed E-state index contributed by atoms with van der Waals surface area (Å²) < 4.78 is 37.6. The highest BCUT2D eigenvalue weighted by atomic mass is 127. The predicted octanol–water partition coefficient (Wildman–Crippen LogP) is 3.61. The third-order valence-corrected chi connectivity index (χ3v) is 13.2. The number of hydrogen-bond donors (Lipinski definition) is 3. The molecule has 0 amide bonds. The minimum atomic E-state index is -2.15. The minimum absolute atomic E-state index is 0.150. The third kappa shape index (κ3) is 6.21. The molecule has 54 heavy (non-hydrogen) atoms. The number of ether oxygens (including phenoxy) is 6. The lowest BCUT2D eigenvalue weighted by Gasteiger charge is -2.67. The molecule has 292 valence electrons. The van der Waals surface area contributed by atoms with Crippen LogP contribution < -0.4 is 5.73 Å². The van der Waals surface area contributed by atoms with Crippen molar-refractivity contribution in [2.45, 2.75) is 101 Å². The van der Waals surface area contributed by atoms with Crippen LogP contribution >= 0.6 is 22.6 Å². The summed E-state index contributed by atoms with van der Waals surface area (Å²) in [5.74, 6) is -4.27. The van der Waals surface area contributed by atoms with Crippen LogP contribution in [0.4, 0.5) is 0 Å². The molecule has 0 aromatic heterocycles. The van der Waals surface area contributed by atoms with Crippen molar-refractivity contribution in [3.8, 4) is 0 Å². The summed E-state index contributed by atoms with van der Waals surface area (Å²) >= 11 is 2.13. The van der Waals surface area contributed by atoms with Crippen LogP contribution in [0.3, 0.4) is 0 Å². The Bertz CT molecular complexity index is 1830. The van der Waals surface area contributed by atoms with Gasteiger partial charge >= 0.3 is 17.9 Å². The monoisotopic (exact) mass is 861 g/mol. The molecule has 11 atom stereocenters. The smallest absolute Gasteiger partial charge is 0.338 e. The topological polar surface area (TPSA) is 190 Å². The van der Waals surface area contributed by atoms with Crippen LogP contribution in [0.5, 0.6) is 0 Å². The number of fused-ring (bicyclic) bond motifs is 5. The number of aliphatic hydroxyl groups excluding tert-OH is 1. The maximum Gasteiger partial charge on any atom is 0.338 e. The van der Waals surface area contributed by atoms with E-state index in [0.717, 1.165) is 3.57 Å². The minimum Gasteiger partial charge on any atom is -0.456 e. The van der Waals surface area contributed by atoms with E-state index in [0.29, 0.717) is 16.7 Å². The molecular weight excluding hydrogens is 813 g/mol. The number of hydrogen-bond acceptors (Lipinski definition) is 13. The van der Waals surface area contributed by atoms with E-state index in [1.165, 1.54) is 21.1 Å². The molecule has 4 N–H and O–H groups in total. The molecule has 14 heteroatoms. The molecule has 0 radical (unpaired) electrons. The number of halogens is 1. The molecule has 1 aliphatic heterocycles. The van der Waals surface area contributed by atoms with Gasteiger partial charge in [-0.05, 0) is 77.4 Å². The first kappa shape index (κ1) is 40.4. The maximum atomic E-state index is 15.4. The van der Waals surface area contributed by atoms with E-state index >= 15 is 4.79 Å². The van der Waals surface area contributed by atoms with Crippen LogP contribution in [0.15, 0.2) is 65.7 Å². The molecule has 4 aliphatic rings. The number of aliphatic hydroxyl groups is 2. The first-order valence-electron chi connectivity index (χ1n) is 17.9. The van der Waals surface area contributed by atoms with Gasteiger partial charge in [-0.15, -0.1) is 0 Å². The number of nitrogens with two attached hydrogens (primary N) is 1. The number of rotatable bonds is 9. The van der Waals surface area contributed by atoms with E-state index in [4.69, 9.17) is 34.2 Å². The van der Waals surface area contributed by atoms with Crippen molar-refractivity contribution in [1.29, 1.82) is 0 Å². The van der Waals surface area contributed by atoms with Gasteiger partial charge in [-0.1, -0.05) is 44.2 Å². The van der Waals surface area contributed by atoms with Crippen LogP contribution in [0, 0.1) is 20.3 Å². The molecule has 9 unspecified atom stereocenters. The molecule has 2 aromatic rings. The summed E-state index contributed by atoms with van der Waals surface area (Å²) in [5.41, 5.74) is 1.01. The van der Waals surface area contributed by atoms with Gasteiger partial charge in [0.1, 0.15) is 30.0 Å². The number of Topliss-reactive ketones (excluding diaryl/α,β-unsaturated/α-hetero) is 1. The summed E-state index contributed by atoms with van der Waals surface area (Å²) in [6, 6.07) is 14.0. The quantitative estimate of drug-likeness (QED) is 0.144. The standard InChI is InChI=1S/C40H48INO12/c1-20-25(52-36(47)30(44)29(42)22-13-15-24(41)16-14-22)18-40(48)34(53-35(46)23-11-9-8-10-12-23)32-38(5,33(45)31(50-7)28(20)37(40,3)4)26(49-6)17-27-39(32,19-51-27)54-21(2)43/h8-16,25-27,29-32,34,44,48H,17-19,42H2,1-7H3/t25?,26?,27?,29-,30?,31?,32?,34?,38+,39?,40?/m0/s1. The van der Waals surface area contributed by atoms with Crippen LogP contribution in [0.2, 0.25) is 0 Å². The average molecular weight is 862 g/mol. The Morgan fingerprint density at radius 3 is 2.20 bits per heavy atom. The van der Waals surface area contributed by atoms with Gasteiger partial charge in [0.25, 0.3) is 0 Å². The van der Waals surface area contributed by atoms with Crippen LogP contribution in [0.25, 0.3) is 0 Å². The van der Waals surface area contributed by atoms with Crippen molar-refractivity contribution in [1.82, 2.24) is 0 Å². The number of esters is 3. The SMILES string of the molecule is COC1C(=O)[C@]2(C)C(OC)CC3OCC3(OC(C)=O)C2C(OC(=O)c2ccccc2)C2(O)CC(OC(=O)C(O)[C@@H](N)c3ccc(I)cc3)C(C)=C1C2(C)C. The van der Waals surface area contributed by atoms with Crippen LogP contribution in [-0.4, -0.2) is 103 Å². The summed E-state index contributed by atoms with van der Waals surface area (Å²) in [5, 5.41) is 24.7. The van der Waals surface area contributed by atoms with E-state index in [1.807, 2.05) is 0 Å². The van der Waals surface area contributed by atoms with Gasteiger partial charge in [-0.3, -0.25) is 9.59 Å². The Labute approximate surface area is 328 Å². The Morgan fingerprint density at radius 2 is 1.65 bits per heavy atom. The van der Waals surface area contributed by atoms with Crippen molar-refractivity contribution >= 4 is 46.3 Å². The van der Waals surface area contributed by atoms with E-state index in [-0.39, 0.29) is 25.0 Å². The van der Waals surface area contributed by atoms with Gasteiger partial charge in [-0.2, -0.15) is 0 Å². The number of carbonyl (C=O) groups is 4. The molecule has 2 saturated carbocycles. The highest BCUT2D eigenvalue weighted by Gasteiger charge is 2.78. The molecule has 3 aliphatic carbocycles. The van der Waals surface area contributed by atoms with Crippen molar-refractivity contribution in [2.75, 3.05) is 20.8 Å².